The number of sulfonamides is 1. The van der Waals surface area contributed by atoms with E-state index in [2.05, 4.69) is 21.2 Å². The number of para-hydroxylation sites is 1. The first-order valence-corrected chi connectivity index (χ1v) is 10.3. The van der Waals surface area contributed by atoms with Gasteiger partial charge in [0.15, 0.2) is 0 Å². The van der Waals surface area contributed by atoms with Crippen molar-refractivity contribution in [1.29, 1.82) is 0 Å². The second-order valence-corrected chi connectivity index (χ2v) is 8.68. The summed E-state index contributed by atoms with van der Waals surface area (Å²) in [5, 5.41) is 2.76. The van der Waals surface area contributed by atoms with E-state index in [1.807, 2.05) is 12.1 Å². The number of halogens is 1. The molecule has 7 heteroatoms. The average Bonchev–Trinajstić information content (AvgIpc) is 2.68. The fourth-order valence-corrected chi connectivity index (χ4v) is 4.07. The van der Waals surface area contributed by atoms with Gasteiger partial charge in [-0.15, -0.1) is 0 Å². The number of hydrogen-bond donors (Lipinski definition) is 1. The molecule has 0 saturated heterocycles. The molecule has 0 atom stereocenters. The van der Waals surface area contributed by atoms with Gasteiger partial charge in [-0.1, -0.05) is 40.2 Å². The van der Waals surface area contributed by atoms with Crippen LogP contribution in [0.4, 0.5) is 11.4 Å². The predicted octanol–water partition coefficient (Wildman–Crippen LogP) is 4.53. The molecular weight excluding hydrogens is 428 g/mol. The first kappa shape index (κ1) is 19.1. The third-order valence-electron chi connectivity index (χ3n) is 3.98. The van der Waals surface area contributed by atoms with Crippen LogP contribution >= 0.6 is 15.9 Å². The summed E-state index contributed by atoms with van der Waals surface area (Å²) in [4.78, 5) is 12.4. The van der Waals surface area contributed by atoms with E-state index in [4.69, 9.17) is 0 Å². The number of carbonyl (C=O) groups excluding carboxylic acids is 1. The van der Waals surface area contributed by atoms with Crippen LogP contribution in [-0.2, 0) is 10.0 Å². The Morgan fingerprint density at radius 3 is 2.22 bits per heavy atom. The van der Waals surface area contributed by atoms with Crippen molar-refractivity contribution in [3.05, 3.63) is 88.9 Å². The van der Waals surface area contributed by atoms with Crippen molar-refractivity contribution in [2.24, 2.45) is 0 Å². The standard InChI is InChI=1S/C20H17BrN2O3S/c1-23(18-8-3-2-4-9-18)27(25,26)19-12-10-17(11-13-19)22-20(24)15-6-5-7-16(21)14-15/h2-14H,1H3,(H,22,24). The zero-order valence-electron chi connectivity index (χ0n) is 14.5. The molecule has 138 valence electrons. The fourth-order valence-electron chi connectivity index (χ4n) is 2.48. The molecule has 3 aromatic carbocycles. The number of nitrogens with one attached hydrogen (secondary N) is 1. The third kappa shape index (κ3) is 4.37. The molecule has 5 nitrogen and oxygen atoms in total. The summed E-state index contributed by atoms with van der Waals surface area (Å²) >= 11 is 3.33. The van der Waals surface area contributed by atoms with Crippen LogP contribution in [-0.4, -0.2) is 21.4 Å². The van der Waals surface area contributed by atoms with E-state index in [0.29, 0.717) is 16.9 Å². The first-order valence-electron chi connectivity index (χ1n) is 8.09. The van der Waals surface area contributed by atoms with Gasteiger partial charge >= 0.3 is 0 Å². The van der Waals surface area contributed by atoms with Gasteiger partial charge in [0.2, 0.25) is 0 Å². The largest absolute Gasteiger partial charge is 0.322 e. The van der Waals surface area contributed by atoms with Crippen LogP contribution in [0.25, 0.3) is 0 Å². The Balaban J connectivity index is 1.77. The lowest BCUT2D eigenvalue weighted by Gasteiger charge is -2.19. The maximum atomic E-state index is 12.8. The van der Waals surface area contributed by atoms with E-state index in [1.54, 1.807) is 54.6 Å². The number of amides is 1. The van der Waals surface area contributed by atoms with E-state index in [9.17, 15) is 13.2 Å². The number of benzene rings is 3. The molecule has 0 aliphatic heterocycles. The zero-order chi connectivity index (χ0) is 19.4. The molecule has 0 aliphatic rings. The van der Waals surface area contributed by atoms with Gasteiger partial charge in [0.25, 0.3) is 15.9 Å². The number of rotatable bonds is 5. The molecule has 27 heavy (non-hydrogen) atoms. The summed E-state index contributed by atoms with van der Waals surface area (Å²) in [6, 6.07) is 22.0. The van der Waals surface area contributed by atoms with Gasteiger partial charge in [-0.05, 0) is 54.6 Å². The Hall–Kier alpha value is -2.64. The van der Waals surface area contributed by atoms with E-state index in [0.717, 1.165) is 4.47 Å². The van der Waals surface area contributed by atoms with Crippen molar-refractivity contribution in [3.63, 3.8) is 0 Å². The first-order chi connectivity index (χ1) is 12.9. The highest BCUT2D eigenvalue weighted by atomic mass is 79.9. The zero-order valence-corrected chi connectivity index (χ0v) is 16.9. The molecule has 1 N–H and O–H groups in total. The molecule has 1 amide bonds. The molecule has 0 spiro atoms. The third-order valence-corrected chi connectivity index (χ3v) is 6.27. The molecule has 0 unspecified atom stereocenters. The maximum Gasteiger partial charge on any atom is 0.264 e. The predicted molar refractivity (Wildman–Crippen MR) is 111 cm³/mol. The van der Waals surface area contributed by atoms with Crippen molar-refractivity contribution in [2.45, 2.75) is 4.90 Å². The SMILES string of the molecule is CN(c1ccccc1)S(=O)(=O)c1ccc(NC(=O)c2cccc(Br)c2)cc1. The van der Waals surface area contributed by atoms with Crippen LogP contribution in [0.2, 0.25) is 0 Å². The van der Waals surface area contributed by atoms with Crippen LogP contribution in [0, 0.1) is 0 Å². The molecule has 0 aromatic heterocycles. The van der Waals surface area contributed by atoms with Crippen LogP contribution in [0.5, 0.6) is 0 Å². The van der Waals surface area contributed by atoms with Gasteiger partial charge in [0, 0.05) is 22.8 Å². The van der Waals surface area contributed by atoms with Crippen LogP contribution in [0.15, 0.2) is 88.2 Å². The van der Waals surface area contributed by atoms with E-state index in [-0.39, 0.29) is 10.8 Å². The van der Waals surface area contributed by atoms with Gasteiger partial charge in [-0.25, -0.2) is 8.42 Å². The summed E-state index contributed by atoms with van der Waals surface area (Å²) in [6.45, 7) is 0. The van der Waals surface area contributed by atoms with Gasteiger partial charge in [0.05, 0.1) is 10.6 Å². The van der Waals surface area contributed by atoms with Gasteiger partial charge < -0.3 is 5.32 Å². The Bertz CT molecular complexity index is 1050. The lowest BCUT2D eigenvalue weighted by molar-refractivity contribution is 0.102. The van der Waals surface area contributed by atoms with E-state index >= 15 is 0 Å². The molecule has 0 radical (unpaired) electrons. The Kier molecular flexibility index (Phi) is 5.62. The number of anilines is 2. The molecule has 0 bridgehead atoms. The molecule has 0 fully saturated rings. The second kappa shape index (κ2) is 7.94. The molecule has 0 saturated carbocycles. The molecular formula is C20H17BrN2O3S. The Labute approximate surface area is 166 Å². The van der Waals surface area contributed by atoms with Gasteiger partial charge in [-0.2, -0.15) is 0 Å². The Morgan fingerprint density at radius 1 is 0.926 bits per heavy atom. The fraction of sp³-hybridized carbons (Fsp3) is 0.0500. The van der Waals surface area contributed by atoms with Gasteiger partial charge in [0.1, 0.15) is 0 Å². The number of hydrogen-bond acceptors (Lipinski definition) is 3. The highest BCUT2D eigenvalue weighted by Gasteiger charge is 2.21. The van der Waals surface area contributed by atoms with Crippen molar-refractivity contribution < 1.29 is 13.2 Å². The van der Waals surface area contributed by atoms with Crippen molar-refractivity contribution in [3.8, 4) is 0 Å². The lowest BCUT2D eigenvalue weighted by atomic mass is 10.2. The van der Waals surface area contributed by atoms with Crippen molar-refractivity contribution in [1.82, 2.24) is 0 Å². The van der Waals surface area contributed by atoms with Crippen LogP contribution in [0.3, 0.4) is 0 Å². The average molecular weight is 445 g/mol. The highest BCUT2D eigenvalue weighted by molar-refractivity contribution is 9.10. The lowest BCUT2D eigenvalue weighted by Crippen LogP contribution is -2.26. The summed E-state index contributed by atoms with van der Waals surface area (Å²) in [7, 11) is -2.17. The minimum atomic E-state index is -3.68. The van der Waals surface area contributed by atoms with Crippen LogP contribution in [0.1, 0.15) is 10.4 Å². The Morgan fingerprint density at radius 2 is 1.59 bits per heavy atom. The van der Waals surface area contributed by atoms with Gasteiger partial charge in [-0.3, -0.25) is 9.10 Å². The minimum absolute atomic E-state index is 0.148. The van der Waals surface area contributed by atoms with Crippen LogP contribution < -0.4 is 9.62 Å². The van der Waals surface area contributed by atoms with Crippen molar-refractivity contribution >= 4 is 43.2 Å². The quantitative estimate of drug-likeness (QED) is 0.628. The maximum absolute atomic E-state index is 12.8. The van der Waals surface area contributed by atoms with E-state index in [1.165, 1.54) is 23.5 Å². The topological polar surface area (TPSA) is 66.5 Å². The van der Waals surface area contributed by atoms with E-state index < -0.39 is 10.0 Å². The molecule has 3 aromatic rings. The number of carbonyl (C=O) groups is 1. The molecule has 0 aliphatic carbocycles. The summed E-state index contributed by atoms with van der Waals surface area (Å²) in [5.41, 5.74) is 1.59. The summed E-state index contributed by atoms with van der Waals surface area (Å²) in [6.07, 6.45) is 0. The summed E-state index contributed by atoms with van der Waals surface area (Å²) < 4.78 is 27.5. The molecule has 0 heterocycles. The number of nitrogens with zero attached hydrogens (tertiary/aromatic N) is 1. The minimum Gasteiger partial charge on any atom is -0.322 e. The highest BCUT2D eigenvalue weighted by Crippen LogP contribution is 2.23. The normalized spacial score (nSPS) is 11.0. The smallest absolute Gasteiger partial charge is 0.264 e. The van der Waals surface area contributed by atoms with Crippen molar-refractivity contribution in [2.75, 3.05) is 16.7 Å². The molecule has 3 rings (SSSR count). The second-order valence-electron chi connectivity index (χ2n) is 5.80. The summed E-state index contributed by atoms with van der Waals surface area (Å²) in [5.74, 6) is -0.270. The monoisotopic (exact) mass is 444 g/mol.